The largest absolute Gasteiger partial charge is 0.367 e. The predicted molar refractivity (Wildman–Crippen MR) is 79.4 cm³/mol. The summed E-state index contributed by atoms with van der Waals surface area (Å²) < 4.78 is 33.0. The van der Waals surface area contributed by atoms with Crippen LogP contribution in [0.1, 0.15) is 0 Å². The topological polar surface area (TPSA) is 52.0 Å². The number of hydrogen-bond donors (Lipinski definition) is 1. The molecular weight excluding hydrogens is 342 g/mol. The van der Waals surface area contributed by atoms with Crippen molar-refractivity contribution < 1.29 is 13.3 Å². The summed E-state index contributed by atoms with van der Waals surface area (Å²) in [7, 11) is 0. The van der Waals surface area contributed by atoms with Gasteiger partial charge in [-0.2, -0.15) is 0 Å². The second kappa shape index (κ2) is 5.29. The molecule has 3 nitrogen and oxygen atoms in total. The minimum absolute atomic E-state index is 0.0220. The molecule has 0 aliphatic heterocycles. The summed E-state index contributed by atoms with van der Waals surface area (Å²) in [6, 6.07) is 10.3. The molecule has 0 saturated carbocycles. The highest BCUT2D eigenvalue weighted by atomic mass is 79.9. The van der Waals surface area contributed by atoms with E-state index < -0.39 is 11.6 Å². The zero-order valence-electron chi connectivity index (χ0n) is 10.6. The molecule has 0 amide bonds. The average molecular weight is 351 g/mol. The molecular formula is C15H9BrF2N2O. The maximum atomic E-state index is 14.0. The van der Waals surface area contributed by atoms with Crippen LogP contribution in [-0.4, -0.2) is 5.16 Å². The van der Waals surface area contributed by atoms with E-state index in [1.165, 1.54) is 18.2 Å². The first kappa shape index (κ1) is 13.8. The molecule has 0 fully saturated rings. The van der Waals surface area contributed by atoms with Crippen LogP contribution in [0.3, 0.4) is 0 Å². The highest BCUT2D eigenvalue weighted by molar-refractivity contribution is 9.10. The van der Waals surface area contributed by atoms with Crippen molar-refractivity contribution in [3.8, 4) is 22.4 Å². The van der Waals surface area contributed by atoms with Crippen LogP contribution in [0.25, 0.3) is 22.4 Å². The van der Waals surface area contributed by atoms with E-state index in [0.29, 0.717) is 15.6 Å². The first-order valence-corrected chi connectivity index (χ1v) is 6.82. The minimum Gasteiger partial charge on any atom is -0.367 e. The summed E-state index contributed by atoms with van der Waals surface area (Å²) >= 11 is 3.32. The van der Waals surface area contributed by atoms with Gasteiger partial charge in [-0.1, -0.05) is 39.3 Å². The zero-order valence-corrected chi connectivity index (χ0v) is 12.2. The quantitative estimate of drug-likeness (QED) is 0.732. The van der Waals surface area contributed by atoms with Gasteiger partial charge in [-0.25, -0.2) is 8.78 Å². The lowest BCUT2D eigenvalue weighted by atomic mass is 10.0. The third-order valence-electron chi connectivity index (χ3n) is 3.05. The van der Waals surface area contributed by atoms with Crippen molar-refractivity contribution >= 4 is 21.8 Å². The van der Waals surface area contributed by atoms with Gasteiger partial charge in [0.15, 0.2) is 0 Å². The second-order valence-corrected chi connectivity index (χ2v) is 5.23. The van der Waals surface area contributed by atoms with Crippen molar-refractivity contribution in [1.29, 1.82) is 0 Å². The Morgan fingerprint density at radius 3 is 2.57 bits per heavy atom. The lowest BCUT2D eigenvalue weighted by Gasteiger charge is -2.06. The smallest absolute Gasteiger partial charge is 0.230 e. The molecule has 6 heteroatoms. The molecule has 0 atom stereocenters. The van der Waals surface area contributed by atoms with Crippen molar-refractivity contribution in [1.82, 2.24) is 5.16 Å². The lowest BCUT2D eigenvalue weighted by molar-refractivity contribution is 0.439. The first-order chi connectivity index (χ1) is 10.1. The minimum atomic E-state index is -0.457. The van der Waals surface area contributed by atoms with E-state index >= 15 is 0 Å². The summed E-state index contributed by atoms with van der Waals surface area (Å²) in [5, 5.41) is 3.84. The van der Waals surface area contributed by atoms with Crippen LogP contribution in [0.4, 0.5) is 14.7 Å². The van der Waals surface area contributed by atoms with Crippen molar-refractivity contribution in [3.05, 3.63) is 58.6 Å². The molecule has 3 rings (SSSR count). The van der Waals surface area contributed by atoms with Gasteiger partial charge >= 0.3 is 0 Å². The molecule has 106 valence electrons. The number of rotatable bonds is 2. The number of anilines is 1. The van der Waals surface area contributed by atoms with Gasteiger partial charge in [0.1, 0.15) is 17.3 Å². The molecule has 21 heavy (non-hydrogen) atoms. The average Bonchev–Trinajstić information content (AvgIpc) is 2.84. The Bertz CT molecular complexity index is 817. The summed E-state index contributed by atoms with van der Waals surface area (Å²) in [5.74, 6) is -0.915. The number of nitrogen functional groups attached to an aromatic ring is 1. The maximum absolute atomic E-state index is 14.0. The molecule has 1 aromatic heterocycles. The van der Waals surface area contributed by atoms with Crippen LogP contribution in [0.15, 0.2) is 51.5 Å². The van der Waals surface area contributed by atoms with Crippen LogP contribution < -0.4 is 5.73 Å². The van der Waals surface area contributed by atoms with Gasteiger partial charge in [-0.3, -0.25) is 0 Å². The van der Waals surface area contributed by atoms with Gasteiger partial charge < -0.3 is 10.3 Å². The Kier molecular flexibility index (Phi) is 3.47. The number of nitrogens with two attached hydrogens (primary N) is 1. The van der Waals surface area contributed by atoms with Crippen molar-refractivity contribution in [3.63, 3.8) is 0 Å². The highest BCUT2D eigenvalue weighted by Crippen LogP contribution is 2.40. The Labute approximate surface area is 127 Å². The van der Waals surface area contributed by atoms with Gasteiger partial charge in [-0.15, -0.1) is 0 Å². The van der Waals surface area contributed by atoms with Crippen molar-refractivity contribution in [2.24, 2.45) is 0 Å². The first-order valence-electron chi connectivity index (χ1n) is 6.03. The van der Waals surface area contributed by atoms with Gasteiger partial charge in [0.2, 0.25) is 5.88 Å². The molecule has 0 bridgehead atoms. The molecule has 3 aromatic rings. The number of aromatic nitrogens is 1. The fourth-order valence-electron chi connectivity index (χ4n) is 2.09. The zero-order chi connectivity index (χ0) is 15.0. The molecule has 0 radical (unpaired) electrons. The van der Waals surface area contributed by atoms with Crippen molar-refractivity contribution in [2.45, 2.75) is 0 Å². The van der Waals surface area contributed by atoms with E-state index in [-0.39, 0.29) is 17.1 Å². The Morgan fingerprint density at radius 2 is 1.81 bits per heavy atom. The Morgan fingerprint density at radius 1 is 1.05 bits per heavy atom. The summed E-state index contributed by atoms with van der Waals surface area (Å²) in [5.41, 5.74) is 7.04. The van der Waals surface area contributed by atoms with Crippen LogP contribution in [0, 0.1) is 11.6 Å². The number of nitrogens with zero attached hydrogens (tertiary/aromatic N) is 1. The molecule has 2 N–H and O–H groups in total. The van der Waals surface area contributed by atoms with E-state index in [4.69, 9.17) is 10.3 Å². The SMILES string of the molecule is Nc1onc(-c2cc(F)ccc2Br)c1-c1ccccc1F. The van der Waals surface area contributed by atoms with Crippen LogP contribution >= 0.6 is 15.9 Å². The lowest BCUT2D eigenvalue weighted by Crippen LogP contribution is -1.91. The maximum Gasteiger partial charge on any atom is 0.230 e. The third-order valence-corrected chi connectivity index (χ3v) is 3.74. The fraction of sp³-hybridized carbons (Fsp3) is 0. The van der Waals surface area contributed by atoms with Gasteiger partial charge in [0, 0.05) is 15.6 Å². The number of hydrogen-bond acceptors (Lipinski definition) is 3. The molecule has 2 aromatic carbocycles. The van der Waals surface area contributed by atoms with E-state index in [2.05, 4.69) is 21.1 Å². The monoisotopic (exact) mass is 350 g/mol. The van der Waals surface area contributed by atoms with Crippen molar-refractivity contribution in [2.75, 3.05) is 5.73 Å². The standard InChI is InChI=1S/C15H9BrF2N2O/c16-11-6-5-8(17)7-10(11)14-13(15(19)21-20-14)9-3-1-2-4-12(9)18/h1-7H,19H2. The van der Waals surface area contributed by atoms with E-state index in [9.17, 15) is 8.78 Å². The summed E-state index contributed by atoms with van der Waals surface area (Å²) in [4.78, 5) is 0. The van der Waals surface area contributed by atoms with Crippen LogP contribution in [0.2, 0.25) is 0 Å². The molecule has 0 unspecified atom stereocenters. The van der Waals surface area contributed by atoms with Crippen LogP contribution in [-0.2, 0) is 0 Å². The summed E-state index contributed by atoms with van der Waals surface area (Å²) in [6.07, 6.45) is 0. The number of benzene rings is 2. The third kappa shape index (κ3) is 2.42. The number of halogens is 3. The molecule has 0 aliphatic rings. The molecule has 0 saturated heterocycles. The highest BCUT2D eigenvalue weighted by Gasteiger charge is 2.21. The Balaban J connectivity index is 2.27. The van der Waals surface area contributed by atoms with Gasteiger partial charge in [0.25, 0.3) is 0 Å². The second-order valence-electron chi connectivity index (χ2n) is 4.37. The van der Waals surface area contributed by atoms with Crippen LogP contribution in [0.5, 0.6) is 0 Å². The van der Waals surface area contributed by atoms with E-state index in [0.717, 1.165) is 0 Å². The van der Waals surface area contributed by atoms with E-state index in [1.807, 2.05) is 0 Å². The summed E-state index contributed by atoms with van der Waals surface area (Å²) in [6.45, 7) is 0. The molecule has 0 spiro atoms. The molecule has 1 heterocycles. The normalized spacial score (nSPS) is 10.8. The molecule has 0 aliphatic carbocycles. The van der Waals surface area contributed by atoms with Gasteiger partial charge in [-0.05, 0) is 24.3 Å². The predicted octanol–water partition coefficient (Wildman–Crippen LogP) is 4.63. The van der Waals surface area contributed by atoms with E-state index in [1.54, 1.807) is 24.3 Å². The van der Waals surface area contributed by atoms with Gasteiger partial charge in [0.05, 0.1) is 5.56 Å². The Hall–Kier alpha value is -2.21. The fourth-order valence-corrected chi connectivity index (χ4v) is 2.52.